The van der Waals surface area contributed by atoms with E-state index in [4.69, 9.17) is 4.74 Å². The van der Waals surface area contributed by atoms with Crippen LogP contribution in [0.5, 0.6) is 0 Å². The van der Waals surface area contributed by atoms with Gasteiger partial charge in [0.2, 0.25) is 0 Å². The van der Waals surface area contributed by atoms with Crippen molar-refractivity contribution in [1.82, 2.24) is 0 Å². The molecule has 0 radical (unpaired) electrons. The third kappa shape index (κ3) is 7.73. The molecule has 0 unspecified atom stereocenters. The Morgan fingerprint density at radius 1 is 1.33 bits per heavy atom. The summed E-state index contributed by atoms with van der Waals surface area (Å²) in [6.07, 6.45) is 4.17. The number of hydrogen-bond donors (Lipinski definition) is 0. The number of unbranched alkanes of at least 4 members (excludes halogenated alkanes) is 2. The summed E-state index contributed by atoms with van der Waals surface area (Å²) in [7, 11) is 0. The molecule has 0 bridgehead atoms. The summed E-state index contributed by atoms with van der Waals surface area (Å²) >= 11 is 0. The molecule has 0 heterocycles. The van der Waals surface area contributed by atoms with E-state index in [0.29, 0.717) is 13.0 Å². The van der Waals surface area contributed by atoms with Crippen molar-refractivity contribution < 1.29 is 9.53 Å². The van der Waals surface area contributed by atoms with Crippen LogP contribution in [0.1, 0.15) is 46.5 Å². The van der Waals surface area contributed by atoms with Gasteiger partial charge in [-0.15, -0.1) is 0 Å². The van der Waals surface area contributed by atoms with Crippen LogP contribution in [0.25, 0.3) is 0 Å². The summed E-state index contributed by atoms with van der Waals surface area (Å²) in [4.78, 5) is 11.1. The average molecular weight is 172 g/mol. The fraction of sp³-hybridized carbons (Fsp3) is 0.900. The highest BCUT2D eigenvalue weighted by atomic mass is 16.5. The highest BCUT2D eigenvalue weighted by Gasteiger charge is 2.02. The van der Waals surface area contributed by atoms with Crippen molar-refractivity contribution in [1.29, 1.82) is 0 Å². The van der Waals surface area contributed by atoms with Crippen LogP contribution in [0.3, 0.4) is 0 Å². The molecule has 0 aromatic rings. The van der Waals surface area contributed by atoms with Gasteiger partial charge in [0.25, 0.3) is 0 Å². The Kier molecular flexibility index (Phi) is 7.06. The molecular formula is C10H20O2. The second-order valence-electron chi connectivity index (χ2n) is 3.36. The SMILES string of the molecule is CCCCCC(=O)COC(C)C. The number of ether oxygens (including phenoxy) is 1. The number of Topliss-reactive ketones (excluding diaryl/α,β-unsaturated/α-hetero) is 1. The highest BCUT2D eigenvalue weighted by molar-refractivity contribution is 5.79. The third-order valence-corrected chi connectivity index (χ3v) is 1.64. The Balaban J connectivity index is 3.22. The van der Waals surface area contributed by atoms with Crippen LogP contribution in [0.15, 0.2) is 0 Å². The molecule has 0 spiro atoms. The summed E-state index contributed by atoms with van der Waals surface area (Å²) in [5.41, 5.74) is 0. The summed E-state index contributed by atoms with van der Waals surface area (Å²) in [5, 5.41) is 0. The maximum Gasteiger partial charge on any atom is 0.158 e. The zero-order chi connectivity index (χ0) is 9.40. The van der Waals surface area contributed by atoms with Crippen molar-refractivity contribution in [3.05, 3.63) is 0 Å². The van der Waals surface area contributed by atoms with E-state index in [9.17, 15) is 4.79 Å². The lowest BCUT2D eigenvalue weighted by molar-refractivity contribution is -0.125. The molecule has 0 aliphatic heterocycles. The van der Waals surface area contributed by atoms with E-state index >= 15 is 0 Å². The van der Waals surface area contributed by atoms with Crippen LogP contribution < -0.4 is 0 Å². The number of ketones is 1. The molecule has 0 amide bonds. The molecule has 0 aromatic carbocycles. The lowest BCUT2D eigenvalue weighted by atomic mass is 10.1. The first-order valence-electron chi connectivity index (χ1n) is 4.80. The molecule has 0 rings (SSSR count). The van der Waals surface area contributed by atoms with E-state index in [0.717, 1.165) is 19.3 Å². The fourth-order valence-electron chi connectivity index (χ4n) is 0.904. The summed E-state index contributed by atoms with van der Waals surface area (Å²) in [5.74, 6) is 0.233. The number of rotatable bonds is 7. The van der Waals surface area contributed by atoms with Crippen LogP contribution in [0.2, 0.25) is 0 Å². The molecule has 0 aromatic heterocycles. The quantitative estimate of drug-likeness (QED) is 0.552. The van der Waals surface area contributed by atoms with Crippen LogP contribution >= 0.6 is 0 Å². The highest BCUT2D eigenvalue weighted by Crippen LogP contribution is 2.00. The lowest BCUT2D eigenvalue weighted by Crippen LogP contribution is -2.12. The summed E-state index contributed by atoms with van der Waals surface area (Å²) in [6.45, 7) is 6.31. The monoisotopic (exact) mass is 172 g/mol. The van der Waals surface area contributed by atoms with Crippen molar-refractivity contribution in [3.63, 3.8) is 0 Å². The maximum absolute atomic E-state index is 11.1. The molecule has 0 fully saturated rings. The van der Waals surface area contributed by atoms with Gasteiger partial charge >= 0.3 is 0 Å². The number of carbonyl (C=O) groups is 1. The Hall–Kier alpha value is -0.370. The number of hydrogen-bond acceptors (Lipinski definition) is 2. The summed E-state index contributed by atoms with van der Waals surface area (Å²) < 4.78 is 5.18. The van der Waals surface area contributed by atoms with Gasteiger partial charge in [0.15, 0.2) is 5.78 Å². The van der Waals surface area contributed by atoms with Gasteiger partial charge in [0, 0.05) is 6.42 Å². The standard InChI is InChI=1S/C10H20O2/c1-4-5-6-7-10(11)8-12-9(2)3/h9H,4-8H2,1-3H3. The zero-order valence-corrected chi connectivity index (χ0v) is 8.43. The van der Waals surface area contributed by atoms with E-state index in [2.05, 4.69) is 6.92 Å². The molecule has 0 aliphatic carbocycles. The largest absolute Gasteiger partial charge is 0.371 e. The molecule has 72 valence electrons. The number of carbonyl (C=O) groups excluding carboxylic acids is 1. The molecule has 2 nitrogen and oxygen atoms in total. The summed E-state index contributed by atoms with van der Waals surface area (Å²) in [6, 6.07) is 0. The minimum absolute atomic E-state index is 0.167. The Morgan fingerprint density at radius 2 is 2.00 bits per heavy atom. The predicted octanol–water partition coefficient (Wildman–Crippen LogP) is 2.56. The van der Waals surface area contributed by atoms with Crippen LogP contribution in [-0.2, 0) is 9.53 Å². The van der Waals surface area contributed by atoms with Gasteiger partial charge in [0.05, 0.1) is 6.10 Å². The molecule has 0 aliphatic rings. The Morgan fingerprint density at radius 3 is 2.50 bits per heavy atom. The third-order valence-electron chi connectivity index (χ3n) is 1.64. The van der Waals surface area contributed by atoms with E-state index < -0.39 is 0 Å². The maximum atomic E-state index is 11.1. The first-order valence-corrected chi connectivity index (χ1v) is 4.80. The van der Waals surface area contributed by atoms with E-state index in [-0.39, 0.29) is 11.9 Å². The first kappa shape index (κ1) is 11.6. The predicted molar refractivity (Wildman–Crippen MR) is 50.2 cm³/mol. The lowest BCUT2D eigenvalue weighted by Gasteiger charge is -2.05. The van der Waals surface area contributed by atoms with Gasteiger partial charge in [-0.2, -0.15) is 0 Å². The van der Waals surface area contributed by atoms with Crippen LogP contribution in [0, 0.1) is 0 Å². The normalized spacial score (nSPS) is 10.7. The van der Waals surface area contributed by atoms with E-state index in [1.807, 2.05) is 13.8 Å². The second kappa shape index (κ2) is 7.29. The van der Waals surface area contributed by atoms with E-state index in [1.165, 1.54) is 0 Å². The second-order valence-corrected chi connectivity index (χ2v) is 3.36. The average Bonchev–Trinajstić information content (AvgIpc) is 2.01. The topological polar surface area (TPSA) is 26.3 Å². The minimum atomic E-state index is 0.167. The Labute approximate surface area is 75.3 Å². The van der Waals surface area contributed by atoms with Gasteiger partial charge < -0.3 is 4.74 Å². The smallest absolute Gasteiger partial charge is 0.158 e. The van der Waals surface area contributed by atoms with Crippen molar-refractivity contribution in [3.8, 4) is 0 Å². The van der Waals surface area contributed by atoms with E-state index in [1.54, 1.807) is 0 Å². The molecule has 0 atom stereocenters. The van der Waals surface area contributed by atoms with Gasteiger partial charge in [-0.05, 0) is 20.3 Å². The molecule has 0 saturated heterocycles. The fourth-order valence-corrected chi connectivity index (χ4v) is 0.904. The minimum Gasteiger partial charge on any atom is -0.371 e. The first-order chi connectivity index (χ1) is 5.66. The van der Waals surface area contributed by atoms with Gasteiger partial charge in [-0.25, -0.2) is 0 Å². The van der Waals surface area contributed by atoms with Crippen molar-refractivity contribution in [2.45, 2.75) is 52.6 Å². The van der Waals surface area contributed by atoms with Crippen molar-refractivity contribution >= 4 is 5.78 Å². The Bertz CT molecular complexity index is 119. The molecule has 2 heteroatoms. The molecular weight excluding hydrogens is 152 g/mol. The van der Waals surface area contributed by atoms with Crippen LogP contribution in [-0.4, -0.2) is 18.5 Å². The zero-order valence-electron chi connectivity index (χ0n) is 8.43. The van der Waals surface area contributed by atoms with Gasteiger partial charge in [-0.1, -0.05) is 19.8 Å². The molecule has 0 saturated carbocycles. The van der Waals surface area contributed by atoms with Gasteiger partial charge in [-0.3, -0.25) is 4.79 Å². The van der Waals surface area contributed by atoms with Gasteiger partial charge in [0.1, 0.15) is 6.61 Å². The van der Waals surface area contributed by atoms with Crippen molar-refractivity contribution in [2.75, 3.05) is 6.61 Å². The van der Waals surface area contributed by atoms with Crippen LogP contribution in [0.4, 0.5) is 0 Å². The molecule has 12 heavy (non-hydrogen) atoms. The van der Waals surface area contributed by atoms with Crippen molar-refractivity contribution in [2.24, 2.45) is 0 Å². The molecule has 0 N–H and O–H groups in total.